The Morgan fingerprint density at radius 1 is 1.71 bits per heavy atom. The second-order valence-corrected chi connectivity index (χ2v) is 4.00. The van der Waals surface area contributed by atoms with Crippen molar-refractivity contribution in [3.05, 3.63) is 24.2 Å². The molecule has 2 N–H and O–H groups in total. The van der Waals surface area contributed by atoms with E-state index in [2.05, 4.69) is 17.6 Å². The lowest BCUT2D eigenvalue weighted by Gasteiger charge is -2.14. The van der Waals surface area contributed by atoms with Gasteiger partial charge in [-0.2, -0.15) is 0 Å². The SMILES string of the molecule is CC(NCC1CCNC1)c1ccco1. The normalized spacial score (nSPS) is 23.9. The lowest BCUT2D eigenvalue weighted by atomic mass is 10.1. The molecule has 0 spiro atoms. The van der Waals surface area contributed by atoms with Crippen LogP contribution in [0.5, 0.6) is 0 Å². The molecule has 2 atom stereocenters. The van der Waals surface area contributed by atoms with E-state index in [0.29, 0.717) is 6.04 Å². The molecule has 14 heavy (non-hydrogen) atoms. The molecule has 3 heteroatoms. The maximum Gasteiger partial charge on any atom is 0.120 e. The Balaban J connectivity index is 1.74. The molecule has 2 unspecified atom stereocenters. The summed E-state index contributed by atoms with van der Waals surface area (Å²) in [6.45, 7) is 5.54. The van der Waals surface area contributed by atoms with E-state index in [1.165, 1.54) is 13.0 Å². The summed E-state index contributed by atoms with van der Waals surface area (Å²) in [7, 11) is 0. The van der Waals surface area contributed by atoms with E-state index in [9.17, 15) is 0 Å². The first kappa shape index (κ1) is 9.74. The fourth-order valence-electron chi connectivity index (χ4n) is 1.87. The van der Waals surface area contributed by atoms with Crippen molar-refractivity contribution in [1.82, 2.24) is 10.6 Å². The number of hydrogen-bond acceptors (Lipinski definition) is 3. The van der Waals surface area contributed by atoms with Crippen LogP contribution in [0.15, 0.2) is 22.8 Å². The molecule has 1 saturated heterocycles. The minimum absolute atomic E-state index is 0.325. The quantitative estimate of drug-likeness (QED) is 0.763. The Bertz CT molecular complexity index is 252. The number of nitrogens with one attached hydrogen (secondary N) is 2. The zero-order valence-corrected chi connectivity index (χ0v) is 8.62. The molecule has 3 nitrogen and oxygen atoms in total. The van der Waals surface area contributed by atoms with E-state index in [1.54, 1.807) is 6.26 Å². The molecule has 1 aliphatic rings. The molecule has 2 heterocycles. The van der Waals surface area contributed by atoms with Crippen molar-refractivity contribution in [3.63, 3.8) is 0 Å². The zero-order chi connectivity index (χ0) is 9.80. The molecule has 78 valence electrons. The van der Waals surface area contributed by atoms with Crippen molar-refractivity contribution in [1.29, 1.82) is 0 Å². The van der Waals surface area contributed by atoms with Crippen molar-refractivity contribution in [2.75, 3.05) is 19.6 Å². The van der Waals surface area contributed by atoms with Crippen LogP contribution in [0, 0.1) is 5.92 Å². The highest BCUT2D eigenvalue weighted by Crippen LogP contribution is 2.13. The Morgan fingerprint density at radius 3 is 3.29 bits per heavy atom. The maximum atomic E-state index is 5.33. The number of rotatable bonds is 4. The van der Waals surface area contributed by atoms with Crippen LogP contribution >= 0.6 is 0 Å². The molecule has 0 aromatic carbocycles. The summed E-state index contributed by atoms with van der Waals surface area (Å²) in [5.41, 5.74) is 0. The Labute approximate surface area is 84.9 Å². The summed E-state index contributed by atoms with van der Waals surface area (Å²) in [4.78, 5) is 0. The lowest BCUT2D eigenvalue weighted by Crippen LogP contribution is -2.26. The fraction of sp³-hybridized carbons (Fsp3) is 0.636. The molecule has 2 rings (SSSR count). The summed E-state index contributed by atoms with van der Waals surface area (Å²) in [5, 5.41) is 6.86. The van der Waals surface area contributed by atoms with E-state index in [-0.39, 0.29) is 0 Å². The third kappa shape index (κ3) is 2.36. The summed E-state index contributed by atoms with van der Waals surface area (Å²) < 4.78 is 5.33. The third-order valence-electron chi connectivity index (χ3n) is 2.85. The number of hydrogen-bond donors (Lipinski definition) is 2. The van der Waals surface area contributed by atoms with Crippen LogP contribution in [-0.4, -0.2) is 19.6 Å². The zero-order valence-electron chi connectivity index (χ0n) is 8.62. The number of furan rings is 1. The van der Waals surface area contributed by atoms with Gasteiger partial charge in [0.25, 0.3) is 0 Å². The molecule has 0 amide bonds. The predicted octanol–water partition coefficient (Wildman–Crippen LogP) is 1.54. The van der Waals surface area contributed by atoms with Crippen LogP contribution in [0.25, 0.3) is 0 Å². The first-order valence-electron chi connectivity index (χ1n) is 5.34. The van der Waals surface area contributed by atoms with Gasteiger partial charge >= 0.3 is 0 Å². The molecule has 0 saturated carbocycles. The van der Waals surface area contributed by atoms with Crippen LogP contribution in [0.1, 0.15) is 25.1 Å². The molecule has 0 bridgehead atoms. The van der Waals surface area contributed by atoms with E-state index < -0.39 is 0 Å². The second kappa shape index (κ2) is 4.62. The van der Waals surface area contributed by atoms with Crippen molar-refractivity contribution in [3.8, 4) is 0 Å². The molecule has 0 aliphatic carbocycles. The predicted molar refractivity (Wildman–Crippen MR) is 56.1 cm³/mol. The highest BCUT2D eigenvalue weighted by atomic mass is 16.3. The van der Waals surface area contributed by atoms with Gasteiger partial charge in [0.05, 0.1) is 12.3 Å². The van der Waals surface area contributed by atoms with E-state index in [4.69, 9.17) is 4.42 Å². The first-order chi connectivity index (χ1) is 6.86. The highest BCUT2D eigenvalue weighted by Gasteiger charge is 2.15. The van der Waals surface area contributed by atoms with E-state index >= 15 is 0 Å². The smallest absolute Gasteiger partial charge is 0.120 e. The first-order valence-corrected chi connectivity index (χ1v) is 5.34. The van der Waals surface area contributed by atoms with Crippen molar-refractivity contribution < 1.29 is 4.42 Å². The van der Waals surface area contributed by atoms with Gasteiger partial charge in [-0.1, -0.05) is 0 Å². The minimum Gasteiger partial charge on any atom is -0.468 e. The average Bonchev–Trinajstić information content (AvgIpc) is 2.87. The summed E-state index contributed by atoms with van der Waals surface area (Å²) >= 11 is 0. The minimum atomic E-state index is 0.325. The molecule has 0 radical (unpaired) electrons. The maximum absolute atomic E-state index is 5.33. The summed E-state index contributed by atoms with van der Waals surface area (Å²) in [6.07, 6.45) is 3.02. The third-order valence-corrected chi connectivity index (χ3v) is 2.85. The van der Waals surface area contributed by atoms with Gasteiger partial charge < -0.3 is 15.1 Å². The Morgan fingerprint density at radius 2 is 2.64 bits per heavy atom. The fourth-order valence-corrected chi connectivity index (χ4v) is 1.87. The standard InChI is InChI=1S/C11H18N2O/c1-9(11-3-2-6-14-11)13-8-10-4-5-12-7-10/h2-3,6,9-10,12-13H,4-5,7-8H2,1H3. The molecular formula is C11H18N2O. The van der Waals surface area contributed by atoms with Gasteiger partial charge in [0, 0.05) is 0 Å². The molecule has 1 fully saturated rings. The van der Waals surface area contributed by atoms with Crippen LogP contribution in [-0.2, 0) is 0 Å². The Kier molecular flexibility index (Phi) is 3.22. The van der Waals surface area contributed by atoms with Gasteiger partial charge in [-0.05, 0) is 51.0 Å². The largest absolute Gasteiger partial charge is 0.468 e. The van der Waals surface area contributed by atoms with Crippen LogP contribution in [0.3, 0.4) is 0 Å². The van der Waals surface area contributed by atoms with Crippen LogP contribution in [0.2, 0.25) is 0 Å². The molecule has 1 aliphatic heterocycles. The van der Waals surface area contributed by atoms with E-state index in [0.717, 1.165) is 24.8 Å². The van der Waals surface area contributed by atoms with Crippen molar-refractivity contribution >= 4 is 0 Å². The van der Waals surface area contributed by atoms with Crippen LogP contribution < -0.4 is 10.6 Å². The monoisotopic (exact) mass is 194 g/mol. The highest BCUT2D eigenvalue weighted by molar-refractivity contribution is 5.02. The topological polar surface area (TPSA) is 37.2 Å². The van der Waals surface area contributed by atoms with Gasteiger partial charge in [0.2, 0.25) is 0 Å². The molecular weight excluding hydrogens is 176 g/mol. The van der Waals surface area contributed by atoms with Crippen molar-refractivity contribution in [2.45, 2.75) is 19.4 Å². The molecule has 1 aromatic rings. The average molecular weight is 194 g/mol. The summed E-state index contributed by atoms with van der Waals surface area (Å²) in [5.74, 6) is 1.81. The lowest BCUT2D eigenvalue weighted by molar-refractivity contribution is 0.403. The molecule has 1 aromatic heterocycles. The summed E-state index contributed by atoms with van der Waals surface area (Å²) in [6, 6.07) is 4.28. The second-order valence-electron chi connectivity index (χ2n) is 4.00. The van der Waals surface area contributed by atoms with Gasteiger partial charge in [-0.3, -0.25) is 0 Å². The van der Waals surface area contributed by atoms with Crippen molar-refractivity contribution in [2.24, 2.45) is 5.92 Å². The van der Waals surface area contributed by atoms with Gasteiger partial charge in [-0.25, -0.2) is 0 Å². The van der Waals surface area contributed by atoms with Crippen LogP contribution in [0.4, 0.5) is 0 Å². The van der Waals surface area contributed by atoms with Gasteiger partial charge in [0.1, 0.15) is 5.76 Å². The Hall–Kier alpha value is -0.800. The van der Waals surface area contributed by atoms with Gasteiger partial charge in [-0.15, -0.1) is 0 Å². The van der Waals surface area contributed by atoms with Gasteiger partial charge in [0.15, 0.2) is 0 Å². The van der Waals surface area contributed by atoms with E-state index in [1.807, 2.05) is 12.1 Å².